The zero-order chi connectivity index (χ0) is 14.8. The van der Waals surface area contributed by atoms with Crippen LogP contribution < -0.4 is 10.1 Å². The number of carboxylic acid groups (broad SMARTS) is 1. The van der Waals surface area contributed by atoms with Crippen molar-refractivity contribution in [3.8, 4) is 5.75 Å². The lowest BCUT2D eigenvalue weighted by molar-refractivity contribution is -0.145. The molecule has 0 saturated carbocycles. The molecule has 3 rings (SSSR count). The number of nitrogens with one attached hydrogen (secondary N) is 1. The van der Waals surface area contributed by atoms with Crippen LogP contribution in [0, 0.1) is 0 Å². The molecule has 0 saturated heterocycles. The summed E-state index contributed by atoms with van der Waals surface area (Å²) < 4.78 is 5.54. The maximum absolute atomic E-state index is 11.5. The summed E-state index contributed by atoms with van der Waals surface area (Å²) in [5.41, 5.74) is 1.89. The van der Waals surface area contributed by atoms with Crippen molar-refractivity contribution in [3.05, 3.63) is 65.2 Å². The van der Waals surface area contributed by atoms with E-state index in [1.54, 1.807) is 42.5 Å². The van der Waals surface area contributed by atoms with Crippen molar-refractivity contribution >= 4 is 11.9 Å². The average molecular weight is 283 g/mol. The van der Waals surface area contributed by atoms with E-state index in [1.165, 1.54) is 0 Å². The van der Waals surface area contributed by atoms with Crippen molar-refractivity contribution < 1.29 is 19.4 Å². The van der Waals surface area contributed by atoms with Gasteiger partial charge in [-0.2, -0.15) is 0 Å². The van der Waals surface area contributed by atoms with E-state index in [4.69, 9.17) is 4.74 Å². The van der Waals surface area contributed by atoms with Crippen LogP contribution >= 0.6 is 0 Å². The van der Waals surface area contributed by atoms with E-state index >= 15 is 0 Å². The van der Waals surface area contributed by atoms with Gasteiger partial charge >= 0.3 is 5.97 Å². The highest BCUT2D eigenvalue weighted by Gasteiger charge is 2.25. The van der Waals surface area contributed by atoms with Gasteiger partial charge in [0, 0.05) is 17.7 Å². The van der Waals surface area contributed by atoms with E-state index in [0.717, 1.165) is 5.56 Å². The summed E-state index contributed by atoms with van der Waals surface area (Å²) in [5.74, 6) is -0.719. The molecular weight excluding hydrogens is 270 g/mol. The smallest absolute Gasteiger partial charge is 0.349 e. The molecule has 0 bridgehead atoms. The molecule has 1 amide bonds. The third kappa shape index (κ3) is 2.58. The van der Waals surface area contributed by atoms with Crippen molar-refractivity contribution in [1.29, 1.82) is 0 Å². The van der Waals surface area contributed by atoms with Gasteiger partial charge in [0.05, 0.1) is 0 Å². The Balaban J connectivity index is 1.91. The minimum Gasteiger partial charge on any atom is -0.478 e. The maximum Gasteiger partial charge on any atom is 0.349 e. The summed E-state index contributed by atoms with van der Waals surface area (Å²) in [6, 6.07) is 13.7. The van der Waals surface area contributed by atoms with E-state index in [2.05, 4.69) is 5.32 Å². The van der Waals surface area contributed by atoms with Crippen molar-refractivity contribution in [1.82, 2.24) is 5.32 Å². The van der Waals surface area contributed by atoms with Crippen LogP contribution in [0.3, 0.4) is 0 Å². The highest BCUT2D eigenvalue weighted by Crippen LogP contribution is 2.25. The standard InChI is InChI=1S/C16H13NO4/c18-15-13-7-6-10(8-11(13)9-17-15)14(16(19)20)21-12-4-2-1-3-5-12/h1-8,14H,9H2,(H,17,18)(H,19,20). The lowest BCUT2D eigenvalue weighted by Gasteiger charge is -2.16. The Morgan fingerprint density at radius 2 is 1.95 bits per heavy atom. The normalized spacial score (nSPS) is 14.2. The molecule has 1 heterocycles. The number of carbonyl (C=O) groups is 2. The Bertz CT molecular complexity index is 697. The molecule has 1 aliphatic heterocycles. The number of carboxylic acids is 1. The molecule has 0 spiro atoms. The fourth-order valence-electron chi connectivity index (χ4n) is 2.31. The Morgan fingerprint density at radius 1 is 1.19 bits per heavy atom. The number of para-hydroxylation sites is 1. The molecule has 1 atom stereocenters. The predicted molar refractivity (Wildman–Crippen MR) is 75.1 cm³/mol. The Labute approximate surface area is 121 Å². The second-order valence-electron chi connectivity index (χ2n) is 4.75. The van der Waals surface area contributed by atoms with Gasteiger partial charge in [-0.15, -0.1) is 0 Å². The van der Waals surface area contributed by atoms with Gasteiger partial charge in [-0.3, -0.25) is 4.79 Å². The van der Waals surface area contributed by atoms with Crippen molar-refractivity contribution in [3.63, 3.8) is 0 Å². The van der Waals surface area contributed by atoms with Crippen molar-refractivity contribution in [2.45, 2.75) is 12.6 Å². The summed E-state index contributed by atoms with van der Waals surface area (Å²) in [6.07, 6.45) is -1.10. The van der Waals surface area contributed by atoms with E-state index in [9.17, 15) is 14.7 Å². The van der Waals surface area contributed by atoms with Gasteiger partial charge in [-0.25, -0.2) is 4.79 Å². The quantitative estimate of drug-likeness (QED) is 0.901. The van der Waals surface area contributed by atoms with E-state index in [1.807, 2.05) is 6.07 Å². The van der Waals surface area contributed by atoms with E-state index in [0.29, 0.717) is 23.4 Å². The highest BCUT2D eigenvalue weighted by molar-refractivity contribution is 5.98. The molecule has 5 nitrogen and oxygen atoms in total. The first-order valence-corrected chi connectivity index (χ1v) is 6.50. The zero-order valence-electron chi connectivity index (χ0n) is 11.1. The van der Waals surface area contributed by atoms with Crippen LogP contribution in [0.4, 0.5) is 0 Å². The molecule has 2 N–H and O–H groups in total. The average Bonchev–Trinajstić information content (AvgIpc) is 2.86. The summed E-state index contributed by atoms with van der Waals surface area (Å²) in [7, 11) is 0. The summed E-state index contributed by atoms with van der Waals surface area (Å²) in [6.45, 7) is 0.416. The molecule has 1 unspecified atom stereocenters. The van der Waals surface area contributed by atoms with Crippen LogP contribution in [0.25, 0.3) is 0 Å². The number of hydrogen-bond acceptors (Lipinski definition) is 3. The molecule has 2 aromatic carbocycles. The third-order valence-electron chi connectivity index (χ3n) is 3.34. The summed E-state index contributed by atoms with van der Waals surface area (Å²) >= 11 is 0. The van der Waals surface area contributed by atoms with Crippen molar-refractivity contribution in [2.75, 3.05) is 0 Å². The van der Waals surface area contributed by atoms with Crippen molar-refractivity contribution in [2.24, 2.45) is 0 Å². The summed E-state index contributed by atoms with van der Waals surface area (Å²) in [4.78, 5) is 23.0. The number of carbonyl (C=O) groups excluding carboxylic acids is 1. The Kier molecular flexibility index (Phi) is 3.31. The molecule has 1 aliphatic rings. The molecule has 21 heavy (non-hydrogen) atoms. The van der Waals surface area contributed by atoms with Gasteiger partial charge in [0.1, 0.15) is 5.75 Å². The molecule has 0 aliphatic carbocycles. The van der Waals surface area contributed by atoms with Gasteiger partial charge in [-0.05, 0) is 29.8 Å². The minimum absolute atomic E-state index is 0.132. The lowest BCUT2D eigenvalue weighted by Crippen LogP contribution is -2.18. The zero-order valence-corrected chi connectivity index (χ0v) is 11.1. The fraction of sp³-hybridized carbons (Fsp3) is 0.125. The van der Waals surface area contributed by atoms with Crippen LogP contribution in [-0.4, -0.2) is 17.0 Å². The topological polar surface area (TPSA) is 75.6 Å². The fourth-order valence-corrected chi connectivity index (χ4v) is 2.31. The number of ether oxygens (including phenoxy) is 1. The van der Waals surface area contributed by atoms with E-state index in [-0.39, 0.29) is 5.91 Å². The highest BCUT2D eigenvalue weighted by atomic mass is 16.5. The third-order valence-corrected chi connectivity index (χ3v) is 3.34. The van der Waals surface area contributed by atoms with E-state index < -0.39 is 12.1 Å². The number of hydrogen-bond donors (Lipinski definition) is 2. The Hall–Kier alpha value is -2.82. The minimum atomic E-state index is -1.10. The van der Waals surface area contributed by atoms with Gasteiger partial charge in [0.15, 0.2) is 0 Å². The van der Waals surface area contributed by atoms with Crippen LogP contribution in [0.15, 0.2) is 48.5 Å². The number of amides is 1. The second kappa shape index (κ2) is 5.28. The SMILES string of the molecule is O=C1NCc2cc(C(Oc3ccccc3)C(=O)O)ccc21. The van der Waals surface area contributed by atoms with Gasteiger partial charge in [0.25, 0.3) is 5.91 Å². The molecule has 0 aromatic heterocycles. The maximum atomic E-state index is 11.5. The molecule has 0 fully saturated rings. The monoisotopic (exact) mass is 283 g/mol. The number of rotatable bonds is 4. The first kappa shape index (κ1) is 13.2. The van der Waals surface area contributed by atoms with Gasteiger partial charge < -0.3 is 15.2 Å². The predicted octanol–water partition coefficient (Wildman–Crippen LogP) is 2.13. The van der Waals surface area contributed by atoms with Crippen LogP contribution in [0.5, 0.6) is 5.75 Å². The number of aliphatic carboxylic acids is 1. The first-order chi connectivity index (χ1) is 10.1. The molecule has 5 heteroatoms. The van der Waals surface area contributed by atoms with Crippen LogP contribution in [-0.2, 0) is 11.3 Å². The molecule has 0 radical (unpaired) electrons. The lowest BCUT2D eigenvalue weighted by atomic mass is 10.0. The number of benzene rings is 2. The summed E-state index contributed by atoms with van der Waals surface area (Å²) in [5, 5.41) is 12.1. The first-order valence-electron chi connectivity index (χ1n) is 6.50. The van der Waals surface area contributed by atoms with Gasteiger partial charge in [-0.1, -0.05) is 24.3 Å². The van der Waals surface area contributed by atoms with Crippen LogP contribution in [0.1, 0.15) is 27.6 Å². The molecular formula is C16H13NO4. The largest absolute Gasteiger partial charge is 0.478 e. The number of fused-ring (bicyclic) bond motifs is 1. The van der Waals surface area contributed by atoms with Gasteiger partial charge in [0.2, 0.25) is 6.10 Å². The Morgan fingerprint density at radius 3 is 2.67 bits per heavy atom. The molecule has 2 aromatic rings. The second-order valence-corrected chi connectivity index (χ2v) is 4.75. The molecule has 106 valence electrons. The van der Waals surface area contributed by atoms with Crippen LogP contribution in [0.2, 0.25) is 0 Å².